The fourth-order valence-electron chi connectivity index (χ4n) is 3.71. The lowest BCUT2D eigenvalue weighted by atomic mass is 10.2. The number of amides is 1. The van der Waals surface area contributed by atoms with Crippen molar-refractivity contribution in [2.45, 2.75) is 26.3 Å². The molecule has 4 aromatic rings. The van der Waals surface area contributed by atoms with Gasteiger partial charge in [0.25, 0.3) is 5.56 Å². The number of carbonyl (C=O) groups is 1. The van der Waals surface area contributed by atoms with Crippen LogP contribution in [0.5, 0.6) is 5.75 Å². The van der Waals surface area contributed by atoms with E-state index in [0.29, 0.717) is 23.5 Å². The molecule has 0 fully saturated rings. The van der Waals surface area contributed by atoms with Crippen LogP contribution in [0, 0.1) is 6.92 Å². The molecule has 4 rings (SSSR count). The quantitative estimate of drug-likeness (QED) is 0.565. The molecule has 148 valence electrons. The Kier molecular flexibility index (Phi) is 4.80. The highest BCUT2D eigenvalue weighted by Crippen LogP contribution is 2.27. The van der Waals surface area contributed by atoms with Crippen molar-refractivity contribution in [2.75, 3.05) is 12.4 Å². The molecule has 1 atom stereocenters. The third-order valence-corrected chi connectivity index (χ3v) is 5.01. The van der Waals surface area contributed by atoms with E-state index in [1.54, 1.807) is 13.2 Å². The second-order valence-corrected chi connectivity index (χ2v) is 6.88. The Morgan fingerprint density at radius 2 is 1.97 bits per heavy atom. The summed E-state index contributed by atoms with van der Waals surface area (Å²) in [5.74, 6) is 0.520. The molecule has 0 bridgehead atoms. The number of aromatic nitrogens is 3. The Bertz CT molecular complexity index is 1270. The average Bonchev–Trinajstić information content (AvgIpc) is 3.03. The molecule has 0 radical (unpaired) electrons. The predicted octanol–water partition coefficient (Wildman–Crippen LogP) is 3.56. The normalized spacial score (nSPS) is 12.2. The van der Waals surface area contributed by atoms with Crippen molar-refractivity contribution in [1.29, 1.82) is 0 Å². The van der Waals surface area contributed by atoms with Crippen LogP contribution in [-0.4, -0.2) is 27.2 Å². The highest BCUT2D eigenvalue weighted by Gasteiger charge is 2.25. The molecule has 0 aliphatic rings. The first kappa shape index (κ1) is 18.7. The van der Waals surface area contributed by atoms with E-state index in [1.807, 2.05) is 65.5 Å². The summed E-state index contributed by atoms with van der Waals surface area (Å²) in [6, 6.07) is 15.9. The maximum atomic E-state index is 13.2. The number of rotatable bonds is 5. The first-order valence-corrected chi connectivity index (χ1v) is 9.48. The van der Waals surface area contributed by atoms with E-state index < -0.39 is 6.04 Å². The summed E-state index contributed by atoms with van der Waals surface area (Å²) in [5.41, 5.74) is 2.50. The van der Waals surface area contributed by atoms with Gasteiger partial charge >= 0.3 is 0 Å². The Labute approximate surface area is 167 Å². The fourth-order valence-corrected chi connectivity index (χ4v) is 3.71. The van der Waals surface area contributed by atoms with Gasteiger partial charge in [-0.25, -0.2) is 4.52 Å². The van der Waals surface area contributed by atoms with E-state index in [2.05, 4.69) is 10.3 Å². The largest absolute Gasteiger partial charge is 0.497 e. The van der Waals surface area contributed by atoms with Gasteiger partial charge in [0.1, 0.15) is 11.8 Å². The van der Waals surface area contributed by atoms with Crippen LogP contribution in [0.2, 0.25) is 0 Å². The molecule has 0 aliphatic heterocycles. The molecule has 2 aromatic heterocycles. The lowest BCUT2D eigenvalue weighted by Crippen LogP contribution is -2.29. The summed E-state index contributed by atoms with van der Waals surface area (Å²) in [6.07, 6.45) is 0.565. The number of hydrogen-bond donors (Lipinski definition) is 1. The summed E-state index contributed by atoms with van der Waals surface area (Å²) in [5, 5.41) is 3.82. The van der Waals surface area contributed by atoms with Gasteiger partial charge < -0.3 is 10.1 Å². The minimum atomic E-state index is -0.494. The van der Waals surface area contributed by atoms with Crippen LogP contribution >= 0.6 is 0 Å². The number of para-hydroxylation sites is 1. The molecule has 0 aliphatic carbocycles. The number of nitrogens with zero attached hydrogens (tertiary/aromatic N) is 3. The number of anilines is 1. The maximum Gasteiger partial charge on any atom is 0.273 e. The second kappa shape index (κ2) is 7.43. The van der Waals surface area contributed by atoms with Crippen LogP contribution < -0.4 is 15.6 Å². The number of ether oxygens (including phenoxy) is 1. The molecule has 2 aromatic carbocycles. The van der Waals surface area contributed by atoms with E-state index in [4.69, 9.17) is 4.74 Å². The van der Waals surface area contributed by atoms with Crippen molar-refractivity contribution in [3.63, 3.8) is 0 Å². The van der Waals surface area contributed by atoms with Gasteiger partial charge in [-0.1, -0.05) is 25.1 Å². The van der Waals surface area contributed by atoms with Gasteiger partial charge in [-0.15, -0.1) is 0 Å². The van der Waals surface area contributed by atoms with Gasteiger partial charge in [0.15, 0.2) is 5.65 Å². The number of methoxy groups -OCH3 is 1. The van der Waals surface area contributed by atoms with Gasteiger partial charge in [0, 0.05) is 28.9 Å². The lowest BCUT2D eigenvalue weighted by Gasteiger charge is -2.20. The molecular weight excluding hydrogens is 368 g/mol. The van der Waals surface area contributed by atoms with Crippen LogP contribution in [0.1, 0.15) is 25.1 Å². The smallest absolute Gasteiger partial charge is 0.273 e. The van der Waals surface area contributed by atoms with E-state index in [1.165, 1.54) is 6.07 Å². The van der Waals surface area contributed by atoms with Crippen molar-refractivity contribution in [3.8, 4) is 5.75 Å². The SMILES string of the molecule is CC[C@H](C(=O)Nc1cccc(OC)c1)n1c2ccccc2c2nc(=O)cc(C)n21. The van der Waals surface area contributed by atoms with E-state index in [0.717, 1.165) is 16.6 Å². The van der Waals surface area contributed by atoms with Crippen molar-refractivity contribution in [2.24, 2.45) is 0 Å². The van der Waals surface area contributed by atoms with E-state index >= 15 is 0 Å². The van der Waals surface area contributed by atoms with Crippen LogP contribution in [0.15, 0.2) is 59.4 Å². The van der Waals surface area contributed by atoms with E-state index in [9.17, 15) is 9.59 Å². The maximum absolute atomic E-state index is 13.2. The molecule has 0 saturated carbocycles. The molecule has 1 amide bonds. The van der Waals surface area contributed by atoms with Crippen molar-refractivity contribution in [3.05, 3.63) is 70.6 Å². The molecule has 29 heavy (non-hydrogen) atoms. The van der Waals surface area contributed by atoms with Gasteiger partial charge in [0.05, 0.1) is 12.6 Å². The highest BCUT2D eigenvalue weighted by molar-refractivity contribution is 5.97. The number of fused-ring (bicyclic) bond motifs is 3. The first-order chi connectivity index (χ1) is 14.0. The standard InChI is InChI=1S/C22H22N4O3/c1-4-18(22(28)23-15-8-7-9-16(13-15)29-3)26-19-11-6-5-10-17(19)21-24-20(27)12-14(2)25(21)26/h5-13,18H,4H2,1-3H3,(H,23,28)/t18-/m1/s1. The van der Waals surface area contributed by atoms with Crippen LogP contribution in [0.4, 0.5) is 5.69 Å². The van der Waals surface area contributed by atoms with Gasteiger partial charge in [-0.05, 0) is 37.6 Å². The summed E-state index contributed by atoms with van der Waals surface area (Å²) >= 11 is 0. The number of aryl methyl sites for hydroxylation is 1. The predicted molar refractivity (Wildman–Crippen MR) is 113 cm³/mol. The Morgan fingerprint density at radius 1 is 1.17 bits per heavy atom. The molecule has 0 unspecified atom stereocenters. The third kappa shape index (κ3) is 3.24. The zero-order chi connectivity index (χ0) is 20.5. The number of hydrogen-bond acceptors (Lipinski definition) is 4. The van der Waals surface area contributed by atoms with Crippen LogP contribution in [-0.2, 0) is 4.79 Å². The Morgan fingerprint density at radius 3 is 2.72 bits per heavy atom. The summed E-state index contributed by atoms with van der Waals surface area (Å²) in [7, 11) is 1.59. The number of nitrogens with one attached hydrogen (secondary N) is 1. The van der Waals surface area contributed by atoms with Crippen molar-refractivity contribution in [1.82, 2.24) is 14.2 Å². The van der Waals surface area contributed by atoms with E-state index in [-0.39, 0.29) is 11.5 Å². The zero-order valence-corrected chi connectivity index (χ0v) is 16.5. The first-order valence-electron chi connectivity index (χ1n) is 9.48. The van der Waals surface area contributed by atoms with Gasteiger partial charge in [0.2, 0.25) is 5.91 Å². The molecule has 7 nitrogen and oxygen atoms in total. The zero-order valence-electron chi connectivity index (χ0n) is 16.5. The molecular formula is C22H22N4O3. The average molecular weight is 390 g/mol. The minimum Gasteiger partial charge on any atom is -0.497 e. The monoisotopic (exact) mass is 390 g/mol. The molecule has 0 saturated heterocycles. The molecule has 1 N–H and O–H groups in total. The molecule has 0 spiro atoms. The number of carbonyl (C=O) groups excluding carboxylic acids is 1. The topological polar surface area (TPSA) is 77.6 Å². The Balaban J connectivity index is 1.86. The fraction of sp³-hybridized carbons (Fsp3) is 0.227. The lowest BCUT2D eigenvalue weighted by molar-refractivity contribution is -0.119. The summed E-state index contributed by atoms with van der Waals surface area (Å²) in [6.45, 7) is 3.81. The second-order valence-electron chi connectivity index (χ2n) is 6.88. The Hall–Kier alpha value is -3.61. The highest BCUT2D eigenvalue weighted by atomic mass is 16.5. The molecule has 7 heteroatoms. The summed E-state index contributed by atoms with van der Waals surface area (Å²) < 4.78 is 9.01. The number of benzene rings is 2. The summed E-state index contributed by atoms with van der Waals surface area (Å²) in [4.78, 5) is 29.5. The van der Waals surface area contributed by atoms with Gasteiger partial charge in [-0.3, -0.25) is 14.3 Å². The third-order valence-electron chi connectivity index (χ3n) is 5.01. The van der Waals surface area contributed by atoms with Crippen LogP contribution in [0.25, 0.3) is 16.6 Å². The van der Waals surface area contributed by atoms with Crippen molar-refractivity contribution >= 4 is 28.1 Å². The van der Waals surface area contributed by atoms with Crippen LogP contribution in [0.3, 0.4) is 0 Å². The minimum absolute atomic E-state index is 0.151. The van der Waals surface area contributed by atoms with Gasteiger partial charge in [-0.2, -0.15) is 4.98 Å². The molecule has 2 heterocycles. The van der Waals surface area contributed by atoms with Crippen molar-refractivity contribution < 1.29 is 9.53 Å².